The Kier molecular flexibility index (Phi) is 3.27. The Hall–Kier alpha value is -0.340. The van der Waals surface area contributed by atoms with Crippen LogP contribution in [0.1, 0.15) is 32.6 Å². The molecule has 96 valence electrons. The summed E-state index contributed by atoms with van der Waals surface area (Å²) in [7, 11) is 2.25. The summed E-state index contributed by atoms with van der Waals surface area (Å²) in [6, 6.07) is 0. The Morgan fingerprint density at radius 2 is 2.29 bits per heavy atom. The van der Waals surface area contributed by atoms with E-state index < -0.39 is 0 Å². The molecule has 4 atom stereocenters. The SMILES string of the molecule is CC1=CC[C@@H]2CO[C@H](C3CCCN(C)C3)[C@@H]1C2. The van der Waals surface area contributed by atoms with Gasteiger partial charge in [-0.3, -0.25) is 0 Å². The van der Waals surface area contributed by atoms with E-state index in [-0.39, 0.29) is 0 Å². The van der Waals surface area contributed by atoms with Crippen molar-refractivity contribution in [1.29, 1.82) is 0 Å². The van der Waals surface area contributed by atoms with Gasteiger partial charge in [0.15, 0.2) is 0 Å². The molecule has 3 rings (SSSR count). The van der Waals surface area contributed by atoms with Crippen molar-refractivity contribution in [2.75, 3.05) is 26.7 Å². The summed E-state index contributed by atoms with van der Waals surface area (Å²) >= 11 is 0. The van der Waals surface area contributed by atoms with E-state index in [2.05, 4.69) is 24.9 Å². The van der Waals surface area contributed by atoms with Crippen LogP contribution in [0.15, 0.2) is 11.6 Å². The van der Waals surface area contributed by atoms with E-state index in [4.69, 9.17) is 4.74 Å². The molecular formula is C15H25NO. The molecular weight excluding hydrogens is 210 g/mol. The number of likely N-dealkylation sites (tertiary alicyclic amines) is 1. The molecule has 2 fully saturated rings. The van der Waals surface area contributed by atoms with Crippen LogP contribution < -0.4 is 0 Å². The standard InChI is InChI=1S/C15H25NO/c1-11-5-6-12-8-14(11)15(17-10-12)13-4-3-7-16(2)9-13/h5,12-15H,3-4,6-10H2,1-2H3/t12-,13?,14+,15+/m0/s1. The third-order valence-electron chi connectivity index (χ3n) is 4.99. The molecule has 2 bridgehead atoms. The highest BCUT2D eigenvalue weighted by atomic mass is 16.5. The minimum Gasteiger partial charge on any atom is -0.377 e. The number of nitrogens with zero attached hydrogens (tertiary/aromatic N) is 1. The van der Waals surface area contributed by atoms with E-state index in [0.29, 0.717) is 6.10 Å². The molecule has 0 radical (unpaired) electrons. The van der Waals surface area contributed by atoms with Crippen molar-refractivity contribution in [3.05, 3.63) is 11.6 Å². The maximum atomic E-state index is 6.24. The highest BCUT2D eigenvalue weighted by Gasteiger charge is 2.39. The number of hydrogen-bond donors (Lipinski definition) is 0. The number of piperidine rings is 1. The largest absolute Gasteiger partial charge is 0.377 e. The predicted molar refractivity (Wildman–Crippen MR) is 69.9 cm³/mol. The Morgan fingerprint density at radius 1 is 1.41 bits per heavy atom. The summed E-state index contributed by atoms with van der Waals surface area (Å²) in [4.78, 5) is 2.48. The molecule has 2 saturated heterocycles. The van der Waals surface area contributed by atoms with Crippen LogP contribution in [-0.4, -0.2) is 37.7 Å². The Balaban J connectivity index is 1.73. The summed E-state index contributed by atoms with van der Waals surface area (Å²) in [6.07, 6.45) is 8.32. The van der Waals surface area contributed by atoms with E-state index in [9.17, 15) is 0 Å². The highest BCUT2D eigenvalue weighted by molar-refractivity contribution is 5.13. The lowest BCUT2D eigenvalue weighted by molar-refractivity contribution is -0.0904. The third-order valence-corrected chi connectivity index (χ3v) is 4.99. The zero-order valence-electron chi connectivity index (χ0n) is 11.2. The van der Waals surface area contributed by atoms with Crippen LogP contribution >= 0.6 is 0 Å². The molecule has 0 spiro atoms. The normalized spacial score (nSPS) is 43.3. The summed E-state index contributed by atoms with van der Waals surface area (Å²) in [6.45, 7) is 5.82. The van der Waals surface area contributed by atoms with Crippen LogP contribution in [0.3, 0.4) is 0 Å². The topological polar surface area (TPSA) is 12.5 Å². The summed E-state index contributed by atoms with van der Waals surface area (Å²) in [5, 5.41) is 0. The minimum atomic E-state index is 0.505. The van der Waals surface area contributed by atoms with Gasteiger partial charge >= 0.3 is 0 Å². The lowest BCUT2D eigenvalue weighted by atomic mass is 9.72. The first-order valence-corrected chi connectivity index (χ1v) is 7.21. The third kappa shape index (κ3) is 2.30. The molecule has 0 saturated carbocycles. The van der Waals surface area contributed by atoms with Crippen molar-refractivity contribution in [2.45, 2.75) is 38.7 Å². The van der Waals surface area contributed by atoms with Crippen molar-refractivity contribution in [1.82, 2.24) is 4.90 Å². The molecule has 1 unspecified atom stereocenters. The molecule has 3 aliphatic rings. The van der Waals surface area contributed by atoms with Gasteiger partial charge in [0, 0.05) is 12.5 Å². The smallest absolute Gasteiger partial charge is 0.0680 e. The minimum absolute atomic E-state index is 0.505. The summed E-state index contributed by atoms with van der Waals surface area (Å²) in [5.74, 6) is 2.29. The molecule has 2 nitrogen and oxygen atoms in total. The van der Waals surface area contributed by atoms with Gasteiger partial charge in [0.05, 0.1) is 12.7 Å². The first-order chi connectivity index (χ1) is 8.24. The van der Waals surface area contributed by atoms with Crippen LogP contribution in [0.2, 0.25) is 0 Å². The second-order valence-corrected chi connectivity index (χ2v) is 6.35. The first kappa shape index (κ1) is 11.7. The molecule has 0 N–H and O–H groups in total. The fraction of sp³-hybridized carbons (Fsp3) is 0.867. The van der Waals surface area contributed by atoms with Gasteiger partial charge in [-0.1, -0.05) is 11.6 Å². The molecule has 1 aliphatic carbocycles. The molecule has 17 heavy (non-hydrogen) atoms. The average Bonchev–Trinajstić information content (AvgIpc) is 2.34. The molecule has 0 amide bonds. The molecule has 2 aliphatic heterocycles. The van der Waals surface area contributed by atoms with Crippen molar-refractivity contribution in [3.8, 4) is 0 Å². The van der Waals surface area contributed by atoms with Gasteiger partial charge < -0.3 is 9.64 Å². The number of ether oxygens (including phenoxy) is 1. The van der Waals surface area contributed by atoms with Crippen LogP contribution in [0, 0.1) is 17.8 Å². The zero-order valence-corrected chi connectivity index (χ0v) is 11.2. The fourth-order valence-corrected chi connectivity index (χ4v) is 3.98. The van der Waals surface area contributed by atoms with Gasteiger partial charge in [-0.05, 0) is 58.0 Å². The van der Waals surface area contributed by atoms with Gasteiger partial charge in [0.2, 0.25) is 0 Å². The number of allylic oxidation sites excluding steroid dienone is 1. The van der Waals surface area contributed by atoms with Crippen LogP contribution in [-0.2, 0) is 4.74 Å². The Morgan fingerprint density at radius 3 is 3.12 bits per heavy atom. The number of rotatable bonds is 1. The second kappa shape index (κ2) is 4.74. The maximum absolute atomic E-state index is 6.24. The van der Waals surface area contributed by atoms with E-state index >= 15 is 0 Å². The van der Waals surface area contributed by atoms with Crippen LogP contribution in [0.25, 0.3) is 0 Å². The van der Waals surface area contributed by atoms with Gasteiger partial charge in [0.1, 0.15) is 0 Å². The zero-order chi connectivity index (χ0) is 11.8. The molecule has 2 heterocycles. The van der Waals surface area contributed by atoms with E-state index in [0.717, 1.165) is 24.4 Å². The van der Waals surface area contributed by atoms with Crippen LogP contribution in [0.5, 0.6) is 0 Å². The molecule has 0 aromatic heterocycles. The molecule has 0 aromatic carbocycles. The monoisotopic (exact) mass is 235 g/mol. The second-order valence-electron chi connectivity index (χ2n) is 6.35. The van der Waals surface area contributed by atoms with Gasteiger partial charge in [-0.15, -0.1) is 0 Å². The molecule has 0 aromatic rings. The average molecular weight is 235 g/mol. The van der Waals surface area contributed by atoms with Crippen molar-refractivity contribution >= 4 is 0 Å². The maximum Gasteiger partial charge on any atom is 0.0680 e. The Bertz CT molecular complexity index is 312. The van der Waals surface area contributed by atoms with Gasteiger partial charge in [0.25, 0.3) is 0 Å². The van der Waals surface area contributed by atoms with Crippen molar-refractivity contribution < 1.29 is 4.74 Å². The van der Waals surface area contributed by atoms with Gasteiger partial charge in [-0.2, -0.15) is 0 Å². The Labute approximate surface area is 105 Å². The van der Waals surface area contributed by atoms with Crippen LogP contribution in [0.4, 0.5) is 0 Å². The van der Waals surface area contributed by atoms with E-state index in [1.165, 1.54) is 38.8 Å². The molecule has 2 heteroatoms. The first-order valence-electron chi connectivity index (χ1n) is 7.21. The van der Waals surface area contributed by atoms with Crippen molar-refractivity contribution in [2.24, 2.45) is 17.8 Å². The summed E-state index contributed by atoms with van der Waals surface area (Å²) < 4.78 is 6.24. The number of fused-ring (bicyclic) bond motifs is 2. The summed E-state index contributed by atoms with van der Waals surface area (Å²) in [5.41, 5.74) is 1.60. The quantitative estimate of drug-likeness (QED) is 0.648. The lowest BCUT2D eigenvalue weighted by Crippen LogP contribution is -2.47. The van der Waals surface area contributed by atoms with Gasteiger partial charge in [-0.25, -0.2) is 0 Å². The fourth-order valence-electron chi connectivity index (χ4n) is 3.98. The number of hydrogen-bond acceptors (Lipinski definition) is 2. The van der Waals surface area contributed by atoms with E-state index in [1.54, 1.807) is 5.57 Å². The van der Waals surface area contributed by atoms with Crippen molar-refractivity contribution in [3.63, 3.8) is 0 Å². The highest BCUT2D eigenvalue weighted by Crippen LogP contribution is 2.41. The lowest BCUT2D eigenvalue weighted by Gasteiger charge is -2.45. The predicted octanol–water partition coefficient (Wildman–Crippen LogP) is 2.70. The van der Waals surface area contributed by atoms with E-state index in [1.807, 2.05) is 0 Å².